The van der Waals surface area contributed by atoms with Gasteiger partial charge in [-0.05, 0) is 54.9 Å². The van der Waals surface area contributed by atoms with Crippen molar-refractivity contribution in [2.24, 2.45) is 5.41 Å². The molecule has 0 N–H and O–H groups in total. The van der Waals surface area contributed by atoms with E-state index in [0.29, 0.717) is 29.6 Å². The molecule has 1 spiro atoms. The molecular formula is C25H22F4N4O3. The standard InChI is InChI=1S/C25H22F4N4O3/c26-17-10-15(2-3-18(17)36-16-4-8-30-19(11-16)25(27,28)29)14-35-21-12-22-32-9-1-5-24(6-7-24)20(32)13-33(22)23(34)31-21/h2-4,8,10-12,20H,1,5-7,9,13-14H2. The van der Waals surface area contributed by atoms with E-state index in [2.05, 4.69) is 14.9 Å². The molecule has 7 nitrogen and oxygen atoms in total. The average molecular weight is 502 g/mol. The number of aromatic nitrogens is 3. The number of alkyl halides is 3. The molecule has 1 unspecified atom stereocenters. The fraction of sp³-hybridized carbons (Fsp3) is 0.400. The first-order chi connectivity index (χ1) is 17.2. The second-order valence-corrected chi connectivity index (χ2v) is 9.55. The second kappa shape index (κ2) is 8.21. The number of fused-ring (bicyclic) bond motifs is 4. The highest BCUT2D eigenvalue weighted by atomic mass is 19.4. The van der Waals surface area contributed by atoms with Gasteiger partial charge in [0.25, 0.3) is 0 Å². The molecule has 1 saturated heterocycles. The molecular weight excluding hydrogens is 480 g/mol. The third kappa shape index (κ3) is 4.06. The van der Waals surface area contributed by atoms with E-state index in [1.165, 1.54) is 43.5 Å². The fourth-order valence-electron chi connectivity index (χ4n) is 5.33. The molecule has 36 heavy (non-hydrogen) atoms. The van der Waals surface area contributed by atoms with Crippen molar-refractivity contribution in [1.82, 2.24) is 14.5 Å². The van der Waals surface area contributed by atoms with Gasteiger partial charge in [0.05, 0.1) is 12.6 Å². The lowest BCUT2D eigenvalue weighted by molar-refractivity contribution is -0.141. The molecule has 1 aliphatic carbocycles. The number of ether oxygens (including phenoxy) is 2. The summed E-state index contributed by atoms with van der Waals surface area (Å²) in [5.41, 5.74) is -0.728. The Morgan fingerprint density at radius 3 is 2.69 bits per heavy atom. The molecule has 1 atom stereocenters. The van der Waals surface area contributed by atoms with Gasteiger partial charge in [0, 0.05) is 24.9 Å². The van der Waals surface area contributed by atoms with Gasteiger partial charge in [0.15, 0.2) is 11.6 Å². The first kappa shape index (κ1) is 22.8. The summed E-state index contributed by atoms with van der Waals surface area (Å²) in [5.74, 6) is -0.218. The van der Waals surface area contributed by atoms with E-state index < -0.39 is 17.7 Å². The first-order valence-electron chi connectivity index (χ1n) is 11.7. The van der Waals surface area contributed by atoms with Crippen LogP contribution in [0, 0.1) is 11.2 Å². The Bertz CT molecular complexity index is 1390. The van der Waals surface area contributed by atoms with Gasteiger partial charge < -0.3 is 14.4 Å². The lowest BCUT2D eigenvalue weighted by atomic mass is 9.87. The van der Waals surface area contributed by atoms with Crippen LogP contribution in [0.15, 0.2) is 47.4 Å². The largest absolute Gasteiger partial charge is 0.473 e. The Morgan fingerprint density at radius 2 is 1.94 bits per heavy atom. The van der Waals surface area contributed by atoms with E-state index in [-0.39, 0.29) is 29.7 Å². The van der Waals surface area contributed by atoms with Crippen LogP contribution in [-0.2, 0) is 19.3 Å². The lowest BCUT2D eigenvalue weighted by Crippen LogP contribution is -2.44. The summed E-state index contributed by atoms with van der Waals surface area (Å²) in [4.78, 5) is 22.3. The van der Waals surface area contributed by atoms with Crippen LogP contribution in [0.2, 0.25) is 0 Å². The predicted molar refractivity (Wildman–Crippen MR) is 121 cm³/mol. The van der Waals surface area contributed by atoms with Crippen molar-refractivity contribution in [3.63, 3.8) is 0 Å². The average Bonchev–Trinajstić information content (AvgIpc) is 3.50. The highest BCUT2D eigenvalue weighted by Gasteiger charge is 2.55. The first-order valence-corrected chi connectivity index (χ1v) is 11.7. The van der Waals surface area contributed by atoms with Gasteiger partial charge in [-0.15, -0.1) is 0 Å². The van der Waals surface area contributed by atoms with Crippen LogP contribution in [0.4, 0.5) is 23.4 Å². The van der Waals surface area contributed by atoms with Gasteiger partial charge in [0.2, 0.25) is 5.88 Å². The lowest BCUT2D eigenvalue weighted by Gasteiger charge is -2.37. The quantitative estimate of drug-likeness (QED) is 0.461. The molecule has 6 rings (SSSR count). The van der Waals surface area contributed by atoms with Crippen LogP contribution in [0.25, 0.3) is 0 Å². The Balaban J connectivity index is 1.15. The molecule has 0 radical (unpaired) electrons. The monoisotopic (exact) mass is 502 g/mol. The third-order valence-corrected chi connectivity index (χ3v) is 7.30. The van der Waals surface area contributed by atoms with Crippen LogP contribution < -0.4 is 20.1 Å². The number of rotatable bonds is 5. The number of halogens is 4. The molecule has 2 aliphatic heterocycles. The zero-order valence-electron chi connectivity index (χ0n) is 19.1. The molecule has 2 fully saturated rings. The minimum absolute atomic E-state index is 0.0477. The van der Waals surface area contributed by atoms with Crippen LogP contribution in [0.3, 0.4) is 0 Å². The number of hydrogen-bond donors (Lipinski definition) is 0. The van der Waals surface area contributed by atoms with E-state index in [1.807, 2.05) is 0 Å². The van der Waals surface area contributed by atoms with Gasteiger partial charge in [0.1, 0.15) is 23.9 Å². The Morgan fingerprint density at radius 1 is 1.11 bits per heavy atom. The molecule has 1 saturated carbocycles. The topological polar surface area (TPSA) is 69.5 Å². The zero-order valence-corrected chi connectivity index (χ0v) is 19.1. The SMILES string of the molecule is O=c1nc(OCc2ccc(Oc3ccnc(C(F)(F)F)c3)c(F)c2)cc2n1CC1N2CCCC12CC2. The summed E-state index contributed by atoms with van der Waals surface area (Å²) in [6.07, 6.45) is 0.993. The molecule has 2 aromatic heterocycles. The summed E-state index contributed by atoms with van der Waals surface area (Å²) in [6.45, 7) is 1.49. The van der Waals surface area contributed by atoms with E-state index in [9.17, 15) is 22.4 Å². The maximum absolute atomic E-state index is 14.6. The van der Waals surface area contributed by atoms with Crippen molar-refractivity contribution < 1.29 is 27.0 Å². The maximum atomic E-state index is 14.6. The maximum Gasteiger partial charge on any atom is 0.433 e. The van der Waals surface area contributed by atoms with Crippen LogP contribution in [0.5, 0.6) is 17.4 Å². The summed E-state index contributed by atoms with van der Waals surface area (Å²) in [5, 5.41) is 0. The predicted octanol–water partition coefficient (Wildman–Crippen LogP) is 4.93. The van der Waals surface area contributed by atoms with Crippen molar-refractivity contribution >= 4 is 5.82 Å². The van der Waals surface area contributed by atoms with Crippen LogP contribution in [-0.4, -0.2) is 27.1 Å². The van der Waals surface area contributed by atoms with E-state index in [0.717, 1.165) is 25.0 Å². The molecule has 4 heterocycles. The molecule has 3 aromatic rings. The normalized spacial score (nSPS) is 19.7. The number of piperidine rings is 1. The van der Waals surface area contributed by atoms with Crippen molar-refractivity contribution in [2.45, 2.75) is 51.1 Å². The summed E-state index contributed by atoms with van der Waals surface area (Å²) >= 11 is 0. The molecule has 11 heteroatoms. The molecule has 0 bridgehead atoms. The van der Waals surface area contributed by atoms with Gasteiger partial charge in [-0.3, -0.25) is 9.55 Å². The van der Waals surface area contributed by atoms with Crippen molar-refractivity contribution in [3.05, 3.63) is 70.2 Å². The van der Waals surface area contributed by atoms with E-state index in [4.69, 9.17) is 9.47 Å². The molecule has 1 aromatic carbocycles. The Kier molecular flexibility index (Phi) is 5.20. The summed E-state index contributed by atoms with van der Waals surface area (Å²) < 4.78 is 65.9. The second-order valence-electron chi connectivity index (χ2n) is 9.55. The van der Waals surface area contributed by atoms with Gasteiger partial charge >= 0.3 is 11.9 Å². The van der Waals surface area contributed by atoms with Crippen LogP contribution in [0.1, 0.15) is 36.9 Å². The van der Waals surface area contributed by atoms with Crippen LogP contribution >= 0.6 is 0 Å². The number of hydrogen-bond acceptors (Lipinski definition) is 6. The minimum Gasteiger partial charge on any atom is -0.473 e. The minimum atomic E-state index is -4.64. The molecule has 0 amide bonds. The zero-order chi connectivity index (χ0) is 25.1. The van der Waals surface area contributed by atoms with Crippen molar-refractivity contribution in [1.29, 1.82) is 0 Å². The van der Waals surface area contributed by atoms with Gasteiger partial charge in [-0.25, -0.2) is 9.18 Å². The van der Waals surface area contributed by atoms with Gasteiger partial charge in [-0.2, -0.15) is 18.2 Å². The highest BCUT2D eigenvalue weighted by molar-refractivity contribution is 5.49. The van der Waals surface area contributed by atoms with E-state index in [1.54, 1.807) is 10.6 Å². The highest BCUT2D eigenvalue weighted by Crippen LogP contribution is 2.58. The summed E-state index contributed by atoms with van der Waals surface area (Å²) in [7, 11) is 0. The number of nitrogens with zero attached hydrogens (tertiary/aromatic N) is 4. The van der Waals surface area contributed by atoms with Crippen molar-refractivity contribution in [2.75, 3.05) is 11.4 Å². The molecule has 3 aliphatic rings. The summed E-state index contributed by atoms with van der Waals surface area (Å²) in [6, 6.07) is 8.00. The smallest absolute Gasteiger partial charge is 0.433 e. The van der Waals surface area contributed by atoms with E-state index >= 15 is 0 Å². The van der Waals surface area contributed by atoms with Gasteiger partial charge in [-0.1, -0.05) is 6.07 Å². The molecule has 188 valence electrons. The van der Waals surface area contributed by atoms with Crippen molar-refractivity contribution in [3.8, 4) is 17.4 Å². The number of pyridine rings is 1. The number of benzene rings is 1. The number of anilines is 1. The Hall–Kier alpha value is -3.63. The third-order valence-electron chi connectivity index (χ3n) is 7.30. The fourth-order valence-corrected chi connectivity index (χ4v) is 5.33. The Labute approximate surface area is 203 Å².